The molecular formula is C88H80Br3Cl4F12IN20O20. The number of nitrogens with one attached hydrogen (secondary N) is 16. The lowest BCUT2D eigenvalue weighted by atomic mass is 10.0. The van der Waals surface area contributed by atoms with Crippen LogP contribution in [0.4, 0.5) is 75.4 Å². The Bertz CT molecular complexity index is 5800. The first kappa shape index (κ1) is 118. The quantitative estimate of drug-likeness (QED) is 0.0137. The average Bonchev–Trinajstić information content (AvgIpc) is 1.21. The summed E-state index contributed by atoms with van der Waals surface area (Å²) in [5, 5.41) is 119. The molecule has 40 nitrogen and oxygen atoms in total. The second-order valence-corrected chi connectivity index (χ2v) is 36.7. The van der Waals surface area contributed by atoms with Crippen LogP contribution in [0.2, 0.25) is 20.1 Å². The van der Waals surface area contributed by atoms with Crippen molar-refractivity contribution in [1.29, 1.82) is 0 Å². The van der Waals surface area contributed by atoms with Gasteiger partial charge in [-0.05, 0) is 176 Å². The van der Waals surface area contributed by atoms with Crippen LogP contribution >= 0.6 is 117 Å². The summed E-state index contributed by atoms with van der Waals surface area (Å²) in [7, 11) is 0. The molecule has 0 fully saturated rings. The van der Waals surface area contributed by atoms with Crippen molar-refractivity contribution in [3.63, 3.8) is 0 Å². The van der Waals surface area contributed by atoms with Gasteiger partial charge in [0.15, 0.2) is 23.8 Å². The Labute approximate surface area is 885 Å². The van der Waals surface area contributed by atoms with Gasteiger partial charge in [-0.1, -0.05) is 62.3 Å². The minimum absolute atomic E-state index is 0.0125. The summed E-state index contributed by atoms with van der Waals surface area (Å²) in [5.74, 6) is -12.9. The summed E-state index contributed by atoms with van der Waals surface area (Å²) in [6.45, 7) is 1.06. The number of halogens is 20. The number of benzene rings is 8. The number of guanidine groups is 4. The third kappa shape index (κ3) is 36.3. The highest BCUT2D eigenvalue weighted by atomic mass is 127. The molecule has 12 rings (SSSR count). The number of carboxylic acid groups (broad SMARTS) is 4. The van der Waals surface area contributed by atoms with E-state index < -0.39 is 200 Å². The first-order valence-electron chi connectivity index (χ1n) is 42.3. The number of carboxylic acids is 4. The Morgan fingerprint density at radius 3 is 0.831 bits per heavy atom. The number of alkyl halides is 12. The molecule has 60 heteroatoms. The minimum Gasteiger partial charge on any atom is -0.506 e. The summed E-state index contributed by atoms with van der Waals surface area (Å²) in [4.78, 5) is 162. The fraction of sp³-hybridized carbons (Fsp3) is 0.273. The van der Waals surface area contributed by atoms with Crippen LogP contribution in [-0.4, -0.2) is 214 Å². The predicted molar refractivity (Wildman–Crippen MR) is 532 cm³/mol. The number of aliphatic carboxylic acids is 4. The number of aromatic hydroxyl groups is 4. The van der Waals surface area contributed by atoms with Gasteiger partial charge in [-0.2, -0.15) is 52.7 Å². The van der Waals surface area contributed by atoms with Crippen LogP contribution in [0.5, 0.6) is 23.0 Å². The van der Waals surface area contributed by atoms with Gasteiger partial charge < -0.3 is 126 Å². The Morgan fingerprint density at radius 1 is 0.331 bits per heavy atom. The van der Waals surface area contributed by atoms with Crippen molar-refractivity contribution in [2.24, 2.45) is 20.0 Å². The van der Waals surface area contributed by atoms with E-state index in [9.17, 15) is 151 Å². The number of phenolic OH excluding ortho intramolecular Hbond substituents is 4. The van der Waals surface area contributed by atoms with Gasteiger partial charge in [-0.15, -0.1) is 0 Å². The number of rotatable bonds is 32. The predicted octanol–water partition coefficient (Wildman–Crippen LogP) is 12.9. The second kappa shape index (κ2) is 52.7. The molecule has 8 aromatic carbocycles. The van der Waals surface area contributed by atoms with E-state index >= 15 is 0 Å². The lowest BCUT2D eigenvalue weighted by Gasteiger charge is -2.20. The molecule has 0 saturated carbocycles. The topological polar surface area (TPSA) is 609 Å². The Kier molecular flexibility index (Phi) is 41.9. The van der Waals surface area contributed by atoms with Gasteiger partial charge in [0.1, 0.15) is 23.0 Å². The molecule has 0 aliphatic carbocycles. The van der Waals surface area contributed by atoms with Crippen molar-refractivity contribution in [2.75, 3.05) is 99.8 Å². The zero-order valence-electron chi connectivity index (χ0n) is 75.0. The van der Waals surface area contributed by atoms with E-state index in [4.69, 9.17) is 46.4 Å². The molecule has 4 aliphatic rings. The Hall–Kier alpha value is -13.8. The molecule has 4 heterocycles. The van der Waals surface area contributed by atoms with Crippen molar-refractivity contribution in [3.8, 4) is 23.0 Å². The molecule has 4 aliphatic heterocycles. The van der Waals surface area contributed by atoms with Gasteiger partial charge in [0.25, 0.3) is 23.6 Å². The highest BCUT2D eigenvalue weighted by Gasteiger charge is 2.38. The van der Waals surface area contributed by atoms with Crippen LogP contribution in [0.3, 0.4) is 0 Å². The first-order valence-corrected chi connectivity index (χ1v) is 47.3. The molecule has 0 saturated heterocycles. The maximum absolute atomic E-state index is 13.4. The summed E-state index contributed by atoms with van der Waals surface area (Å²) >= 11 is 35.0. The number of amides is 8. The van der Waals surface area contributed by atoms with Gasteiger partial charge in [-0.3, -0.25) is 77.5 Å². The molecule has 4 atom stereocenters. The SMILES string of the molecule is O=C(O)CC(NC(=O)CNC(=O)c1cc(NC2=NCCN2)cc(C(F)(F)F)c1)c1cc(Br)cc(Br)c1O.O=C(O)CC(NC(=O)CNC(=O)c1cc(NC2=NCCN2)cc(C(F)(F)F)c1)c1cc(Cl)cc(Br)c1O.O=C(O)CC(NC(=O)CNC(=O)c1cc(NC2=NCCN2)cc(C(F)(F)F)c1)c1cc(Cl)cc(Cl)c1O.O=C(O)CC(NC(=O)CNC(=O)c1cc(NC2=NCCN2)cc(C(F)(F)F)c1)c1cc(Cl)cc(I)c1O. The van der Waals surface area contributed by atoms with Crippen LogP contribution in [0, 0.1) is 3.57 Å². The van der Waals surface area contributed by atoms with Crippen molar-refractivity contribution >= 4 is 235 Å². The highest BCUT2D eigenvalue weighted by molar-refractivity contribution is 14.1. The zero-order chi connectivity index (χ0) is 109. The maximum atomic E-state index is 13.4. The molecule has 4 unspecified atom stereocenters. The molecule has 148 heavy (non-hydrogen) atoms. The van der Waals surface area contributed by atoms with E-state index in [0.717, 1.165) is 30.3 Å². The number of anilines is 4. The van der Waals surface area contributed by atoms with E-state index in [1.807, 2.05) is 0 Å². The second-order valence-electron chi connectivity index (χ2n) is 31.2. The smallest absolute Gasteiger partial charge is 0.416 e. The van der Waals surface area contributed by atoms with Gasteiger partial charge >= 0.3 is 48.6 Å². The number of carbonyl (C=O) groups is 12. The normalized spacial score (nSPS) is 13.8. The van der Waals surface area contributed by atoms with Crippen LogP contribution in [0.1, 0.15) is 136 Å². The van der Waals surface area contributed by atoms with Crippen molar-refractivity contribution in [3.05, 3.63) is 225 Å². The number of nitrogens with zero attached hydrogens (tertiary/aromatic N) is 4. The number of aliphatic imine (C=N–C) groups is 4. The highest BCUT2D eigenvalue weighted by Crippen LogP contribution is 2.43. The summed E-state index contributed by atoms with van der Waals surface area (Å²) in [6.07, 6.45) is -21.5. The number of hydrogen-bond acceptors (Lipinski definition) is 28. The summed E-state index contributed by atoms with van der Waals surface area (Å²) < 4.78 is 162. The summed E-state index contributed by atoms with van der Waals surface area (Å²) in [5.41, 5.74) is -5.91. The van der Waals surface area contributed by atoms with Crippen LogP contribution in [0.15, 0.2) is 155 Å². The first-order chi connectivity index (χ1) is 69.3. The van der Waals surface area contributed by atoms with Gasteiger partial charge in [-0.25, -0.2) is 0 Å². The minimum atomic E-state index is -4.75. The van der Waals surface area contributed by atoms with Gasteiger partial charge in [0.2, 0.25) is 23.6 Å². The van der Waals surface area contributed by atoms with Crippen molar-refractivity contribution in [1.82, 2.24) is 63.8 Å². The van der Waals surface area contributed by atoms with Crippen molar-refractivity contribution < 1.29 is 151 Å². The van der Waals surface area contributed by atoms with Gasteiger partial charge in [0.05, 0.1) is 142 Å². The molecule has 792 valence electrons. The summed E-state index contributed by atoms with van der Waals surface area (Å²) in [6, 6.07) is 16.4. The monoisotopic (exact) mass is 2470 g/mol. The standard InChI is InChI=1S/C22H20Br2F3N5O5.C22H20BrClF3N5O5.C22H20Cl2F3N5O5.C22H20ClF3IN5O5/c23-12-6-14(19(36)15(24)7-12)16(8-18(34)35)32-17(33)9-30-20(37)10-3-11(22(25,26)27)5-13(4-10)31-21-28-1-2-29-21;23-15-7-12(24)6-14(19(15)36)16(8-18(34)35)32-17(33)9-30-20(37)10-3-11(22(25,26)27)5-13(4-10)31-21-28-1-2-29-21;23-12-6-14(19(36)15(24)7-12)16(8-18(34)35)32-17(33)9-30-20(37)10-3-11(22(25,26)27)5-13(4-10)31-21-28-1-2-29-21;23-12-6-14(19(36)15(27)7-12)16(8-18(34)35)32-17(33)9-30-20(37)10-3-11(22(24,25)26)5-13(4-10)31-21-28-1-2-29-21/h4*3-7,16,36H,1-2,8-9H2,(H,30,37)(H,32,33)(H,34,35)(H2,28,29,31). The van der Waals surface area contributed by atoms with Crippen LogP contribution in [-0.2, 0) is 63.1 Å². The maximum Gasteiger partial charge on any atom is 0.416 e. The van der Waals surface area contributed by atoms with Crippen molar-refractivity contribution in [2.45, 2.75) is 74.6 Å². The van der Waals surface area contributed by atoms with E-state index in [1.165, 1.54) is 66.7 Å². The molecule has 8 amide bonds. The third-order valence-electron chi connectivity index (χ3n) is 20.1. The zero-order valence-corrected chi connectivity index (χ0v) is 84.9. The van der Waals surface area contributed by atoms with E-state index in [1.54, 1.807) is 22.6 Å². The lowest BCUT2D eigenvalue weighted by Crippen LogP contribution is -2.39. The molecule has 0 bridgehead atoms. The molecule has 24 N–H and O–H groups in total. The van der Waals surface area contributed by atoms with E-state index in [-0.39, 0.29) is 137 Å². The van der Waals surface area contributed by atoms with Gasteiger partial charge in [0, 0.05) is 113 Å². The number of hydrogen-bond donors (Lipinski definition) is 24. The van der Waals surface area contributed by atoms with Crippen LogP contribution in [0.25, 0.3) is 0 Å². The van der Waals surface area contributed by atoms with E-state index in [0.29, 0.717) is 84.7 Å². The average molecular weight is 2470 g/mol. The van der Waals surface area contributed by atoms with E-state index in [2.05, 4.69) is 153 Å². The molecular weight excluding hydrogens is 2390 g/mol. The molecule has 0 aromatic heterocycles. The Morgan fingerprint density at radius 2 is 0.574 bits per heavy atom. The molecule has 0 spiro atoms. The largest absolute Gasteiger partial charge is 0.506 e. The third-order valence-corrected chi connectivity index (χ3v) is 23.5. The Balaban J connectivity index is 0.000000219. The lowest BCUT2D eigenvalue weighted by molar-refractivity contribution is -0.139. The fourth-order valence-electron chi connectivity index (χ4n) is 13.5. The van der Waals surface area contributed by atoms with Crippen LogP contribution < -0.4 is 85.1 Å². The number of carbonyl (C=O) groups excluding carboxylic acids is 8. The molecule has 0 radical (unpaired) electrons. The fourth-order valence-corrected chi connectivity index (χ4v) is 17.2. The number of phenols is 4. The molecule has 8 aromatic rings.